The van der Waals surface area contributed by atoms with Gasteiger partial charge in [0.2, 0.25) is 10.0 Å². The predicted molar refractivity (Wildman–Crippen MR) is 102 cm³/mol. The van der Waals surface area contributed by atoms with Crippen molar-refractivity contribution >= 4 is 21.7 Å². The summed E-state index contributed by atoms with van der Waals surface area (Å²) in [7, 11) is -3.91. The minimum absolute atomic E-state index is 0.0590. The Labute approximate surface area is 154 Å². The molecule has 0 amide bonds. The number of carboxylic acids is 1. The molecule has 7 heteroatoms. The number of anilines is 1. The zero-order valence-electron chi connectivity index (χ0n) is 14.9. The molecule has 2 aromatic carbocycles. The van der Waals surface area contributed by atoms with Crippen molar-refractivity contribution in [2.45, 2.75) is 37.6 Å². The molecule has 2 rings (SSSR count). The minimum atomic E-state index is -3.91. The van der Waals surface area contributed by atoms with Gasteiger partial charge in [-0.3, -0.25) is 0 Å². The van der Waals surface area contributed by atoms with E-state index in [4.69, 9.17) is 0 Å². The lowest BCUT2D eigenvalue weighted by atomic mass is 10.1. The standard InChI is InChI=1S/C19H24N2O4S/c1-3-4-12-20-17-11-10-16(19(22)23)13-18(17)26(24,25)21-14(2)15-8-6-5-7-9-15/h5-11,13-14,20-21H,3-4,12H2,1-2H3,(H,22,23)/t14-/m0/s1. The van der Waals surface area contributed by atoms with Crippen LogP contribution < -0.4 is 10.0 Å². The van der Waals surface area contributed by atoms with E-state index < -0.39 is 22.0 Å². The second kappa shape index (κ2) is 8.82. The second-order valence-corrected chi connectivity index (χ2v) is 7.73. The van der Waals surface area contributed by atoms with E-state index in [1.807, 2.05) is 37.3 Å². The summed E-state index contributed by atoms with van der Waals surface area (Å²) in [5.41, 5.74) is 1.15. The van der Waals surface area contributed by atoms with Crippen LogP contribution in [0.5, 0.6) is 0 Å². The number of carboxylic acid groups (broad SMARTS) is 1. The van der Waals surface area contributed by atoms with E-state index >= 15 is 0 Å². The van der Waals surface area contributed by atoms with Crippen molar-refractivity contribution < 1.29 is 18.3 Å². The molecule has 0 bridgehead atoms. The van der Waals surface area contributed by atoms with Crippen LogP contribution in [-0.4, -0.2) is 26.0 Å². The number of sulfonamides is 1. The molecule has 0 heterocycles. The highest BCUT2D eigenvalue weighted by atomic mass is 32.2. The summed E-state index contributed by atoms with van der Waals surface area (Å²) in [5.74, 6) is -1.17. The van der Waals surface area contributed by atoms with Gasteiger partial charge in [0.1, 0.15) is 4.90 Å². The van der Waals surface area contributed by atoms with Crippen molar-refractivity contribution in [1.82, 2.24) is 4.72 Å². The SMILES string of the molecule is CCCCNc1ccc(C(=O)O)cc1S(=O)(=O)N[C@@H](C)c1ccccc1. The average molecular weight is 376 g/mol. The van der Waals surface area contributed by atoms with Gasteiger partial charge in [0, 0.05) is 12.6 Å². The Hall–Kier alpha value is -2.38. The lowest BCUT2D eigenvalue weighted by Gasteiger charge is -2.18. The average Bonchev–Trinajstić information content (AvgIpc) is 2.62. The third-order valence-electron chi connectivity index (χ3n) is 4.00. The van der Waals surface area contributed by atoms with E-state index in [2.05, 4.69) is 10.0 Å². The van der Waals surface area contributed by atoms with Crippen LogP contribution in [0.2, 0.25) is 0 Å². The Morgan fingerprint density at radius 1 is 1.15 bits per heavy atom. The summed E-state index contributed by atoms with van der Waals surface area (Å²) in [5, 5.41) is 12.3. The Morgan fingerprint density at radius 3 is 2.46 bits per heavy atom. The first-order chi connectivity index (χ1) is 12.3. The molecule has 1 atom stereocenters. The molecule has 0 spiro atoms. The zero-order valence-corrected chi connectivity index (χ0v) is 15.7. The second-order valence-electron chi connectivity index (χ2n) is 6.05. The normalized spacial score (nSPS) is 12.5. The van der Waals surface area contributed by atoms with Crippen LogP contribution in [0.15, 0.2) is 53.4 Å². The third-order valence-corrected chi connectivity index (χ3v) is 5.58. The molecule has 0 aliphatic carbocycles. The maximum Gasteiger partial charge on any atom is 0.335 e. The highest BCUT2D eigenvalue weighted by Gasteiger charge is 2.23. The van der Waals surface area contributed by atoms with Gasteiger partial charge in [-0.25, -0.2) is 17.9 Å². The van der Waals surface area contributed by atoms with Crippen molar-refractivity contribution in [3.8, 4) is 0 Å². The van der Waals surface area contributed by atoms with Crippen molar-refractivity contribution in [2.75, 3.05) is 11.9 Å². The van der Waals surface area contributed by atoms with E-state index in [9.17, 15) is 18.3 Å². The summed E-state index contributed by atoms with van der Waals surface area (Å²) in [6, 6.07) is 12.8. The van der Waals surface area contributed by atoms with E-state index in [1.54, 1.807) is 6.92 Å². The van der Waals surface area contributed by atoms with Crippen LogP contribution in [0, 0.1) is 0 Å². The molecule has 0 saturated heterocycles. The van der Waals surface area contributed by atoms with Crippen LogP contribution in [-0.2, 0) is 10.0 Å². The number of benzene rings is 2. The van der Waals surface area contributed by atoms with Gasteiger partial charge in [-0.2, -0.15) is 0 Å². The lowest BCUT2D eigenvalue weighted by Crippen LogP contribution is -2.28. The molecular formula is C19H24N2O4S. The van der Waals surface area contributed by atoms with Gasteiger partial charge in [-0.1, -0.05) is 43.7 Å². The highest BCUT2D eigenvalue weighted by molar-refractivity contribution is 7.89. The van der Waals surface area contributed by atoms with Gasteiger partial charge >= 0.3 is 5.97 Å². The summed E-state index contributed by atoms with van der Waals surface area (Å²) in [6.45, 7) is 4.40. The number of aromatic carboxylic acids is 1. The summed E-state index contributed by atoms with van der Waals surface area (Å²) in [6.07, 6.45) is 1.85. The first-order valence-corrected chi connectivity index (χ1v) is 10.0. The number of rotatable bonds is 9. The smallest absolute Gasteiger partial charge is 0.335 e. The summed E-state index contributed by atoms with van der Waals surface area (Å²) in [4.78, 5) is 11.2. The molecule has 0 unspecified atom stereocenters. The molecule has 0 aliphatic rings. The van der Waals surface area contributed by atoms with Gasteiger partial charge < -0.3 is 10.4 Å². The quantitative estimate of drug-likeness (QED) is 0.581. The highest BCUT2D eigenvalue weighted by Crippen LogP contribution is 2.25. The first kappa shape index (κ1) is 19.9. The summed E-state index contributed by atoms with van der Waals surface area (Å²) < 4.78 is 28.4. The molecule has 0 radical (unpaired) electrons. The number of nitrogens with one attached hydrogen (secondary N) is 2. The van der Waals surface area contributed by atoms with Crippen LogP contribution in [0.3, 0.4) is 0 Å². The van der Waals surface area contributed by atoms with E-state index in [1.165, 1.54) is 18.2 Å². The molecule has 0 fully saturated rings. The van der Waals surface area contributed by atoms with Gasteiger partial charge in [0.15, 0.2) is 0 Å². The minimum Gasteiger partial charge on any atom is -0.478 e. The monoisotopic (exact) mass is 376 g/mol. The lowest BCUT2D eigenvalue weighted by molar-refractivity contribution is 0.0696. The Balaban J connectivity index is 2.35. The van der Waals surface area contributed by atoms with E-state index in [0.717, 1.165) is 18.4 Å². The van der Waals surface area contributed by atoms with Crippen molar-refractivity contribution in [1.29, 1.82) is 0 Å². The molecule has 26 heavy (non-hydrogen) atoms. The maximum atomic E-state index is 12.9. The number of hydrogen-bond donors (Lipinski definition) is 3. The topological polar surface area (TPSA) is 95.5 Å². The molecule has 6 nitrogen and oxygen atoms in total. The van der Waals surface area contributed by atoms with E-state index in [-0.39, 0.29) is 10.5 Å². The predicted octanol–water partition coefficient (Wildman–Crippen LogP) is 3.64. The van der Waals surface area contributed by atoms with Crippen LogP contribution in [0.4, 0.5) is 5.69 Å². The van der Waals surface area contributed by atoms with Gasteiger partial charge in [-0.15, -0.1) is 0 Å². The van der Waals surface area contributed by atoms with Gasteiger partial charge in [0.25, 0.3) is 0 Å². The van der Waals surface area contributed by atoms with Crippen molar-refractivity contribution in [3.05, 3.63) is 59.7 Å². The molecule has 3 N–H and O–H groups in total. The largest absolute Gasteiger partial charge is 0.478 e. The fourth-order valence-corrected chi connectivity index (χ4v) is 3.97. The first-order valence-electron chi connectivity index (χ1n) is 8.53. The zero-order chi connectivity index (χ0) is 19.2. The third kappa shape index (κ3) is 5.06. The molecule has 140 valence electrons. The van der Waals surface area contributed by atoms with Crippen molar-refractivity contribution in [3.63, 3.8) is 0 Å². The van der Waals surface area contributed by atoms with Crippen LogP contribution in [0.25, 0.3) is 0 Å². The molecular weight excluding hydrogens is 352 g/mol. The van der Waals surface area contributed by atoms with Gasteiger partial charge in [-0.05, 0) is 37.1 Å². The molecule has 2 aromatic rings. The Bertz CT molecular complexity index is 851. The van der Waals surface area contributed by atoms with Crippen LogP contribution in [0.1, 0.15) is 48.7 Å². The van der Waals surface area contributed by atoms with Crippen LogP contribution >= 0.6 is 0 Å². The number of carbonyl (C=O) groups is 1. The molecule has 0 aromatic heterocycles. The van der Waals surface area contributed by atoms with Gasteiger partial charge in [0.05, 0.1) is 11.3 Å². The fraction of sp³-hybridized carbons (Fsp3) is 0.316. The molecule has 0 aliphatic heterocycles. The fourth-order valence-electron chi connectivity index (χ4n) is 2.53. The van der Waals surface area contributed by atoms with Crippen molar-refractivity contribution in [2.24, 2.45) is 0 Å². The Kier molecular flexibility index (Phi) is 6.76. The Morgan fingerprint density at radius 2 is 1.85 bits per heavy atom. The number of unbranched alkanes of at least 4 members (excludes halogenated alkanes) is 1. The van der Waals surface area contributed by atoms with E-state index in [0.29, 0.717) is 12.2 Å². The number of hydrogen-bond acceptors (Lipinski definition) is 4. The molecule has 0 saturated carbocycles. The summed E-state index contributed by atoms with van der Waals surface area (Å²) >= 11 is 0. The maximum absolute atomic E-state index is 12.9.